The first kappa shape index (κ1) is 18.7. The zero-order valence-corrected chi connectivity index (χ0v) is 14.4. The van der Waals surface area contributed by atoms with E-state index in [2.05, 4.69) is 0 Å². The van der Waals surface area contributed by atoms with Crippen molar-refractivity contribution in [3.63, 3.8) is 0 Å². The highest BCUT2D eigenvalue weighted by atomic mass is 16.3. The Morgan fingerprint density at radius 1 is 0.840 bits per heavy atom. The normalized spacial score (nSPS) is 10.6. The molecule has 2 aromatic rings. The molecule has 0 fully saturated rings. The van der Waals surface area contributed by atoms with E-state index in [-0.39, 0.29) is 17.3 Å². The van der Waals surface area contributed by atoms with Crippen LogP contribution in [-0.2, 0) is 22.4 Å². The maximum absolute atomic E-state index is 12.0. The van der Waals surface area contributed by atoms with Crippen LogP contribution in [0.3, 0.4) is 0 Å². The number of carbonyl (C=O) groups is 2. The Hall–Kier alpha value is -2.62. The Kier molecular flexibility index (Phi) is 7.20. The molecule has 2 aromatic carbocycles. The van der Waals surface area contributed by atoms with Crippen LogP contribution in [-0.4, -0.2) is 16.7 Å². The summed E-state index contributed by atoms with van der Waals surface area (Å²) >= 11 is 0. The molecular formula is C21H25NO3. The molecule has 0 radical (unpaired) electrons. The number of unbranched alkanes of at least 4 members (excludes halogenated alkanes) is 2. The number of phenols is 1. The van der Waals surface area contributed by atoms with Crippen LogP contribution in [0.15, 0.2) is 48.5 Å². The maximum Gasteiger partial charge on any atom is 0.137 e. The third kappa shape index (κ3) is 6.79. The van der Waals surface area contributed by atoms with Gasteiger partial charge < -0.3 is 10.8 Å². The number of rotatable bonds is 10. The number of hydrogen-bond acceptors (Lipinski definition) is 4. The Bertz CT molecular complexity index is 725. The van der Waals surface area contributed by atoms with Gasteiger partial charge in [0, 0.05) is 31.4 Å². The quantitative estimate of drug-likeness (QED) is 0.509. The highest BCUT2D eigenvalue weighted by Gasteiger charge is 2.07. The average Bonchev–Trinajstić information content (AvgIpc) is 2.56. The highest BCUT2D eigenvalue weighted by Crippen LogP contribution is 2.15. The lowest BCUT2D eigenvalue weighted by Crippen LogP contribution is -2.05. The topological polar surface area (TPSA) is 80.4 Å². The molecule has 0 unspecified atom stereocenters. The van der Waals surface area contributed by atoms with Crippen molar-refractivity contribution >= 4 is 17.3 Å². The van der Waals surface area contributed by atoms with E-state index < -0.39 is 0 Å². The van der Waals surface area contributed by atoms with E-state index in [0.717, 1.165) is 30.4 Å². The zero-order valence-electron chi connectivity index (χ0n) is 14.4. The molecule has 0 saturated carbocycles. The number of benzene rings is 2. The van der Waals surface area contributed by atoms with E-state index in [9.17, 15) is 14.7 Å². The number of Topliss-reactive ketones (excluding diaryl/α,β-unsaturated/α-hetero) is 2. The molecule has 3 N–H and O–H groups in total. The van der Waals surface area contributed by atoms with Crippen molar-refractivity contribution in [3.05, 3.63) is 59.7 Å². The second-order valence-electron chi connectivity index (χ2n) is 6.36. The molecule has 0 aliphatic rings. The molecule has 2 rings (SSSR count). The second kappa shape index (κ2) is 9.62. The fraction of sp³-hybridized carbons (Fsp3) is 0.333. The van der Waals surface area contributed by atoms with Crippen LogP contribution in [0.4, 0.5) is 5.69 Å². The van der Waals surface area contributed by atoms with Crippen molar-refractivity contribution in [2.24, 2.45) is 0 Å². The van der Waals surface area contributed by atoms with Crippen molar-refractivity contribution in [3.8, 4) is 5.75 Å². The molecule has 25 heavy (non-hydrogen) atoms. The van der Waals surface area contributed by atoms with E-state index in [0.29, 0.717) is 31.4 Å². The molecule has 4 heteroatoms. The minimum atomic E-state index is 0.161. The molecule has 0 aliphatic heterocycles. The van der Waals surface area contributed by atoms with Gasteiger partial charge in [-0.2, -0.15) is 0 Å². The summed E-state index contributed by atoms with van der Waals surface area (Å²) in [6.45, 7) is 0. The number of hydrogen-bond donors (Lipinski definition) is 2. The van der Waals surface area contributed by atoms with Crippen LogP contribution in [0.1, 0.15) is 43.2 Å². The van der Waals surface area contributed by atoms with Gasteiger partial charge in [-0.05, 0) is 42.2 Å². The number of nitrogens with two attached hydrogens (primary N) is 1. The molecular weight excluding hydrogens is 314 g/mol. The molecule has 4 nitrogen and oxygen atoms in total. The summed E-state index contributed by atoms with van der Waals surface area (Å²) in [6.07, 6.45) is 4.21. The summed E-state index contributed by atoms with van der Waals surface area (Å²) in [4.78, 5) is 23.9. The zero-order chi connectivity index (χ0) is 18.1. The van der Waals surface area contributed by atoms with Gasteiger partial charge in [0.1, 0.15) is 17.3 Å². The van der Waals surface area contributed by atoms with E-state index in [1.807, 2.05) is 24.3 Å². The Morgan fingerprint density at radius 3 is 2.20 bits per heavy atom. The number of nitrogen functional groups attached to an aromatic ring is 1. The first-order chi connectivity index (χ1) is 12.0. The first-order valence-electron chi connectivity index (χ1n) is 8.69. The van der Waals surface area contributed by atoms with Gasteiger partial charge in [-0.1, -0.05) is 36.8 Å². The third-order valence-electron chi connectivity index (χ3n) is 4.17. The minimum Gasteiger partial charge on any atom is -0.508 e. The maximum atomic E-state index is 12.0. The molecule has 0 amide bonds. The van der Waals surface area contributed by atoms with E-state index in [1.54, 1.807) is 24.3 Å². The van der Waals surface area contributed by atoms with Crippen LogP contribution in [0, 0.1) is 0 Å². The van der Waals surface area contributed by atoms with Crippen molar-refractivity contribution in [1.29, 1.82) is 0 Å². The molecule has 0 aromatic heterocycles. The van der Waals surface area contributed by atoms with E-state index >= 15 is 0 Å². The molecule has 0 heterocycles. The second-order valence-corrected chi connectivity index (χ2v) is 6.36. The van der Waals surface area contributed by atoms with Crippen molar-refractivity contribution in [1.82, 2.24) is 0 Å². The lowest BCUT2D eigenvalue weighted by atomic mass is 10.0. The third-order valence-corrected chi connectivity index (χ3v) is 4.17. The monoisotopic (exact) mass is 339 g/mol. The number of carbonyl (C=O) groups excluding carboxylic acids is 2. The predicted octanol–water partition coefficient (Wildman–Crippen LogP) is 3.85. The van der Waals surface area contributed by atoms with Gasteiger partial charge in [-0.15, -0.1) is 0 Å². The standard InChI is InChI=1S/C21H25NO3/c22-21-12-5-4-8-17(21)15-20(25)10-3-1-2-9-18(23)13-16-7-6-11-19(24)14-16/h4-8,11-12,14,24H,1-3,9-10,13,15,22H2. The average molecular weight is 339 g/mol. The van der Waals surface area contributed by atoms with Crippen LogP contribution in [0.25, 0.3) is 0 Å². The van der Waals surface area contributed by atoms with Gasteiger partial charge in [-0.25, -0.2) is 0 Å². The predicted molar refractivity (Wildman–Crippen MR) is 99.5 cm³/mol. The number of ketones is 2. The highest BCUT2D eigenvalue weighted by molar-refractivity contribution is 5.82. The van der Waals surface area contributed by atoms with Crippen LogP contribution in [0.2, 0.25) is 0 Å². The summed E-state index contributed by atoms with van der Waals surface area (Å²) in [5, 5.41) is 9.40. The Morgan fingerprint density at radius 2 is 1.52 bits per heavy atom. The summed E-state index contributed by atoms with van der Waals surface area (Å²) in [6, 6.07) is 14.2. The van der Waals surface area contributed by atoms with Crippen LogP contribution < -0.4 is 5.73 Å². The van der Waals surface area contributed by atoms with Crippen molar-refractivity contribution in [2.75, 3.05) is 5.73 Å². The number of aromatic hydroxyl groups is 1. The molecule has 0 bridgehead atoms. The number of anilines is 1. The lowest BCUT2D eigenvalue weighted by Gasteiger charge is -2.05. The molecule has 0 atom stereocenters. The fourth-order valence-corrected chi connectivity index (χ4v) is 2.80. The van der Waals surface area contributed by atoms with Gasteiger partial charge >= 0.3 is 0 Å². The van der Waals surface area contributed by atoms with Crippen molar-refractivity contribution < 1.29 is 14.7 Å². The van der Waals surface area contributed by atoms with Gasteiger partial charge in [0.15, 0.2) is 0 Å². The van der Waals surface area contributed by atoms with E-state index in [4.69, 9.17) is 5.73 Å². The van der Waals surface area contributed by atoms with Crippen LogP contribution >= 0.6 is 0 Å². The van der Waals surface area contributed by atoms with Gasteiger partial charge in [0.25, 0.3) is 0 Å². The summed E-state index contributed by atoms with van der Waals surface area (Å²) in [7, 11) is 0. The number of phenolic OH excluding ortho intramolecular Hbond substituents is 1. The van der Waals surface area contributed by atoms with Crippen LogP contribution in [0.5, 0.6) is 5.75 Å². The molecule has 132 valence electrons. The fourth-order valence-electron chi connectivity index (χ4n) is 2.80. The Labute approximate surface area is 148 Å². The SMILES string of the molecule is Nc1ccccc1CC(=O)CCCCCC(=O)Cc1cccc(O)c1. The van der Waals surface area contributed by atoms with E-state index in [1.165, 1.54) is 0 Å². The minimum absolute atomic E-state index is 0.161. The lowest BCUT2D eigenvalue weighted by molar-refractivity contribution is -0.118. The largest absolute Gasteiger partial charge is 0.508 e. The summed E-state index contributed by atoms with van der Waals surface area (Å²) < 4.78 is 0. The van der Waals surface area contributed by atoms with Gasteiger partial charge in [-0.3, -0.25) is 9.59 Å². The molecule has 0 saturated heterocycles. The van der Waals surface area contributed by atoms with Crippen molar-refractivity contribution in [2.45, 2.75) is 44.9 Å². The summed E-state index contributed by atoms with van der Waals surface area (Å²) in [5.74, 6) is 0.529. The molecule has 0 spiro atoms. The first-order valence-corrected chi connectivity index (χ1v) is 8.69. The number of para-hydroxylation sites is 1. The Balaban J connectivity index is 1.60. The summed E-state index contributed by atoms with van der Waals surface area (Å²) in [5.41, 5.74) is 8.22. The molecule has 0 aliphatic carbocycles. The van der Waals surface area contributed by atoms with Gasteiger partial charge in [0.05, 0.1) is 0 Å². The smallest absolute Gasteiger partial charge is 0.137 e. The van der Waals surface area contributed by atoms with Gasteiger partial charge in [0.2, 0.25) is 0 Å².